The number of amides is 1. The zero-order chi connectivity index (χ0) is 30.6. The van der Waals surface area contributed by atoms with E-state index in [1.807, 2.05) is 47.8 Å². The molecule has 0 aliphatic carbocycles. The Kier molecular flexibility index (Phi) is 8.21. The van der Waals surface area contributed by atoms with Crippen LogP contribution in [0.25, 0.3) is 27.2 Å². The lowest BCUT2D eigenvalue weighted by atomic mass is 10.1. The van der Waals surface area contributed by atoms with Gasteiger partial charge in [-0.25, -0.2) is 9.97 Å². The fourth-order valence-electron chi connectivity index (χ4n) is 4.45. The number of fused-ring (bicyclic) bond motifs is 1. The molecular weight excluding hydrogens is 603 g/mol. The molecule has 4 N–H and O–H groups in total. The maximum atomic E-state index is 12.6. The largest absolute Gasteiger partial charge is 0.493 e. The summed E-state index contributed by atoms with van der Waals surface area (Å²) in [5, 5.41) is 9.43. The number of rotatable bonds is 10. The van der Waals surface area contributed by atoms with Gasteiger partial charge in [0.2, 0.25) is 18.4 Å². The first-order valence-corrected chi connectivity index (χ1v) is 14.9. The third-order valence-corrected chi connectivity index (χ3v) is 8.50. The molecule has 0 fully saturated rings. The van der Waals surface area contributed by atoms with Crippen molar-refractivity contribution < 1.29 is 28.5 Å². The molecule has 5 aromatic rings. The Morgan fingerprint density at radius 1 is 0.955 bits per heavy atom. The Hall–Kier alpha value is -5.27. The first-order chi connectivity index (χ1) is 21.4. The highest BCUT2D eigenvalue weighted by Gasteiger charge is 2.18. The van der Waals surface area contributed by atoms with Crippen molar-refractivity contribution in [1.82, 2.24) is 9.97 Å². The van der Waals surface area contributed by atoms with Crippen molar-refractivity contribution >= 4 is 57.0 Å². The molecule has 0 radical (unpaired) electrons. The van der Waals surface area contributed by atoms with E-state index in [0.717, 1.165) is 26.7 Å². The molecule has 6 rings (SSSR count). The standard InChI is InChI=1S/C31H27N5O6S2/c1-38-24-13-20(14-25(39-2)27(24)40-3)34-31-36-29(32)28(44-31)30-35-21(15-43-30)18-5-4-6-19(12-18)33-26(37)10-8-17-7-9-22-23(11-17)42-16-41-22/h4-15H,16,32H2,1-3H3,(H,33,37)(H,34,36). The van der Waals surface area contributed by atoms with Crippen LogP contribution in [0.1, 0.15) is 5.56 Å². The van der Waals surface area contributed by atoms with E-state index in [-0.39, 0.29) is 12.7 Å². The fraction of sp³-hybridized carbons (Fsp3) is 0.129. The molecule has 0 spiro atoms. The van der Waals surface area contributed by atoms with Gasteiger partial charge in [-0.2, -0.15) is 0 Å². The van der Waals surface area contributed by atoms with Crippen molar-refractivity contribution in [3.63, 3.8) is 0 Å². The van der Waals surface area contributed by atoms with Crippen LogP contribution in [0.2, 0.25) is 0 Å². The first-order valence-electron chi connectivity index (χ1n) is 13.2. The second kappa shape index (κ2) is 12.5. The molecule has 13 heteroatoms. The van der Waals surface area contributed by atoms with Gasteiger partial charge in [0, 0.05) is 40.5 Å². The highest BCUT2D eigenvalue weighted by molar-refractivity contribution is 7.23. The van der Waals surface area contributed by atoms with Gasteiger partial charge in [-0.05, 0) is 35.9 Å². The van der Waals surface area contributed by atoms with Crippen LogP contribution in [0.5, 0.6) is 28.7 Å². The van der Waals surface area contributed by atoms with Crippen LogP contribution < -0.4 is 40.1 Å². The molecule has 1 amide bonds. The molecule has 0 saturated heterocycles. The topological polar surface area (TPSA) is 139 Å². The Balaban J connectivity index is 1.15. The molecule has 3 aromatic carbocycles. The Morgan fingerprint density at radius 2 is 1.75 bits per heavy atom. The van der Waals surface area contributed by atoms with Crippen molar-refractivity contribution in [2.75, 3.05) is 44.5 Å². The minimum atomic E-state index is -0.261. The smallest absolute Gasteiger partial charge is 0.248 e. The number of anilines is 4. The molecule has 44 heavy (non-hydrogen) atoms. The summed E-state index contributed by atoms with van der Waals surface area (Å²) in [6.07, 6.45) is 3.19. The van der Waals surface area contributed by atoms with E-state index in [1.54, 1.807) is 39.5 Å². The lowest BCUT2D eigenvalue weighted by Crippen LogP contribution is -2.07. The van der Waals surface area contributed by atoms with Crippen molar-refractivity contribution in [3.05, 3.63) is 71.6 Å². The number of carbonyl (C=O) groups is 1. The van der Waals surface area contributed by atoms with E-state index in [9.17, 15) is 4.79 Å². The van der Waals surface area contributed by atoms with E-state index in [2.05, 4.69) is 15.6 Å². The maximum Gasteiger partial charge on any atom is 0.248 e. The highest BCUT2D eigenvalue weighted by Crippen LogP contribution is 2.43. The molecule has 0 bridgehead atoms. The van der Waals surface area contributed by atoms with E-state index in [1.165, 1.54) is 28.7 Å². The van der Waals surface area contributed by atoms with Gasteiger partial charge in [0.1, 0.15) is 15.7 Å². The number of nitrogens with two attached hydrogens (primary N) is 1. The number of carbonyl (C=O) groups excluding carboxylic acids is 1. The van der Waals surface area contributed by atoms with Crippen LogP contribution in [0.4, 0.5) is 22.3 Å². The molecule has 0 atom stereocenters. The lowest BCUT2D eigenvalue weighted by Gasteiger charge is -2.14. The number of nitrogens with one attached hydrogen (secondary N) is 2. The first kappa shape index (κ1) is 28.8. The number of nitrogen functional groups attached to an aromatic ring is 1. The predicted octanol–water partition coefficient (Wildman–Crippen LogP) is 6.67. The average molecular weight is 630 g/mol. The van der Waals surface area contributed by atoms with E-state index >= 15 is 0 Å². The Morgan fingerprint density at radius 3 is 2.52 bits per heavy atom. The van der Waals surface area contributed by atoms with Gasteiger partial charge in [-0.3, -0.25) is 4.79 Å². The van der Waals surface area contributed by atoms with Crippen LogP contribution in [0.15, 0.2) is 66.1 Å². The second-order valence-corrected chi connectivity index (χ2v) is 11.2. The van der Waals surface area contributed by atoms with Crippen LogP contribution >= 0.6 is 22.7 Å². The summed E-state index contributed by atoms with van der Waals surface area (Å²) in [6, 6.07) is 16.6. The van der Waals surface area contributed by atoms with E-state index in [0.29, 0.717) is 51.1 Å². The van der Waals surface area contributed by atoms with Crippen LogP contribution in [-0.2, 0) is 4.79 Å². The van der Waals surface area contributed by atoms with Crippen molar-refractivity contribution in [2.24, 2.45) is 0 Å². The summed E-state index contributed by atoms with van der Waals surface area (Å²) in [5.41, 5.74) is 10.1. The molecule has 2 aromatic heterocycles. The van der Waals surface area contributed by atoms with Crippen molar-refractivity contribution in [1.29, 1.82) is 0 Å². The SMILES string of the molecule is COc1cc(Nc2nc(N)c(-c3nc(-c4cccc(NC(=O)C=Cc5ccc6c(c5)OCO6)c4)cs3)s2)cc(OC)c1OC. The number of aromatic nitrogens is 2. The summed E-state index contributed by atoms with van der Waals surface area (Å²) in [7, 11) is 4.67. The number of thiazole rings is 2. The number of hydrogen-bond donors (Lipinski definition) is 3. The summed E-state index contributed by atoms with van der Waals surface area (Å²) in [4.78, 5) is 22.7. The lowest BCUT2D eigenvalue weighted by molar-refractivity contribution is -0.111. The van der Waals surface area contributed by atoms with Crippen LogP contribution in [0, 0.1) is 0 Å². The average Bonchev–Trinajstić information content (AvgIpc) is 3.79. The third kappa shape index (κ3) is 6.09. The van der Waals surface area contributed by atoms with E-state index in [4.69, 9.17) is 34.4 Å². The quantitative estimate of drug-likeness (QED) is 0.144. The summed E-state index contributed by atoms with van der Waals surface area (Å²) < 4.78 is 27.0. The minimum Gasteiger partial charge on any atom is -0.493 e. The molecule has 0 unspecified atom stereocenters. The number of ether oxygens (including phenoxy) is 5. The zero-order valence-corrected chi connectivity index (χ0v) is 25.5. The van der Waals surface area contributed by atoms with Gasteiger partial charge in [-0.15, -0.1) is 11.3 Å². The second-order valence-electron chi connectivity index (χ2n) is 9.33. The molecule has 1 aliphatic rings. The van der Waals surface area contributed by atoms with Crippen LogP contribution in [-0.4, -0.2) is 44.0 Å². The zero-order valence-electron chi connectivity index (χ0n) is 23.9. The van der Waals surface area contributed by atoms with Crippen molar-refractivity contribution in [2.45, 2.75) is 0 Å². The molecular formula is C31H27N5O6S2. The van der Waals surface area contributed by atoms with E-state index < -0.39 is 0 Å². The minimum absolute atomic E-state index is 0.201. The highest BCUT2D eigenvalue weighted by atomic mass is 32.1. The normalized spacial score (nSPS) is 11.9. The van der Waals surface area contributed by atoms with Crippen LogP contribution in [0.3, 0.4) is 0 Å². The van der Waals surface area contributed by atoms with Crippen molar-refractivity contribution in [3.8, 4) is 49.9 Å². The predicted molar refractivity (Wildman–Crippen MR) is 173 cm³/mol. The van der Waals surface area contributed by atoms with Gasteiger partial charge in [0.15, 0.2) is 28.1 Å². The molecule has 0 saturated carbocycles. The third-order valence-electron chi connectivity index (χ3n) is 6.52. The summed E-state index contributed by atoms with van der Waals surface area (Å²) >= 11 is 2.84. The van der Waals surface area contributed by atoms with Gasteiger partial charge in [-0.1, -0.05) is 29.5 Å². The molecule has 1 aliphatic heterocycles. The van der Waals surface area contributed by atoms with Gasteiger partial charge in [0.25, 0.3) is 0 Å². The molecule has 11 nitrogen and oxygen atoms in total. The van der Waals surface area contributed by atoms with Gasteiger partial charge < -0.3 is 40.1 Å². The molecule has 3 heterocycles. The Bertz CT molecular complexity index is 1840. The monoisotopic (exact) mass is 629 g/mol. The Labute approximate surface area is 260 Å². The summed E-state index contributed by atoms with van der Waals surface area (Å²) in [5.74, 6) is 2.99. The number of methoxy groups -OCH3 is 3. The maximum absolute atomic E-state index is 12.6. The number of nitrogens with zero attached hydrogens (tertiary/aromatic N) is 2. The summed E-state index contributed by atoms with van der Waals surface area (Å²) in [6.45, 7) is 0.201. The number of benzene rings is 3. The fourth-order valence-corrected chi connectivity index (χ4v) is 6.29. The van der Waals surface area contributed by atoms with Gasteiger partial charge in [0.05, 0.1) is 27.0 Å². The number of hydrogen-bond acceptors (Lipinski definition) is 12. The van der Waals surface area contributed by atoms with Gasteiger partial charge >= 0.3 is 0 Å². The molecule has 224 valence electrons.